The number of rotatable bonds is 6. The smallest absolute Gasteiger partial charge is 0.475 e. The normalized spacial score (nSPS) is 15.6. The summed E-state index contributed by atoms with van der Waals surface area (Å²) in [5, 5.41) is 17.9. The second-order valence-corrected chi connectivity index (χ2v) is 12.0. The van der Waals surface area contributed by atoms with Crippen LogP contribution >= 0.6 is 0 Å². The van der Waals surface area contributed by atoms with Gasteiger partial charge < -0.3 is 31.6 Å². The number of carbonyl (C=O) groups is 3. The zero-order valence-electron chi connectivity index (χ0n) is 28.0. The van der Waals surface area contributed by atoms with Crippen molar-refractivity contribution in [2.75, 3.05) is 11.1 Å². The number of fused-ring (bicyclic) bond motifs is 1. The molecular formula is C35H33F6N7O6. The number of aliphatic carboxylic acids is 2. The molecule has 0 spiro atoms. The molecule has 3 heterocycles. The number of nitrogen functional groups attached to an aromatic ring is 1. The van der Waals surface area contributed by atoms with Crippen LogP contribution in [-0.4, -0.2) is 65.6 Å². The lowest BCUT2D eigenvalue weighted by atomic mass is 9.86. The van der Waals surface area contributed by atoms with Crippen LogP contribution in [0.15, 0.2) is 90.2 Å². The van der Waals surface area contributed by atoms with Gasteiger partial charge in [0, 0.05) is 41.9 Å². The molecule has 19 heteroatoms. The van der Waals surface area contributed by atoms with Crippen LogP contribution in [0.1, 0.15) is 36.0 Å². The number of aromatic nitrogens is 4. The molecular weight excluding hydrogens is 728 g/mol. The lowest BCUT2D eigenvalue weighted by molar-refractivity contribution is -0.193. The molecule has 13 nitrogen and oxygen atoms in total. The molecule has 6 rings (SSSR count). The second-order valence-electron chi connectivity index (χ2n) is 12.0. The molecule has 0 radical (unpaired) electrons. The summed E-state index contributed by atoms with van der Waals surface area (Å²) in [4.78, 5) is 52.7. The fraction of sp³-hybridized carbons (Fsp3) is 0.257. The first-order valence-corrected chi connectivity index (χ1v) is 16.0. The van der Waals surface area contributed by atoms with Crippen molar-refractivity contribution in [1.82, 2.24) is 19.1 Å². The molecule has 1 aliphatic carbocycles. The first kappa shape index (κ1) is 40.5. The Labute approximate surface area is 301 Å². The van der Waals surface area contributed by atoms with E-state index < -0.39 is 30.2 Å². The van der Waals surface area contributed by atoms with E-state index in [1.165, 1.54) is 17.0 Å². The molecule has 1 aliphatic rings. The zero-order chi connectivity index (χ0) is 39.8. The van der Waals surface area contributed by atoms with E-state index in [1.807, 2.05) is 54.6 Å². The van der Waals surface area contributed by atoms with E-state index in [9.17, 15) is 35.9 Å². The Morgan fingerprint density at radius 2 is 1.41 bits per heavy atom. The molecule has 0 unspecified atom stereocenters. The quantitative estimate of drug-likeness (QED) is 0.130. The fourth-order valence-electron chi connectivity index (χ4n) is 5.54. The SMILES string of the molecule is Nc1ncnc2c1c(-c1ccc(NC(=O)c3cccn(-c4ccccc4)c3=O)cc1)cn2C[C@H]1CC[C@H](N)CC1.O=C(O)C(F)(F)F.O=C(O)C(F)(F)F. The van der Waals surface area contributed by atoms with Gasteiger partial charge in [-0.25, -0.2) is 19.6 Å². The number of alkyl halides is 6. The van der Waals surface area contributed by atoms with Gasteiger partial charge in [-0.3, -0.25) is 14.2 Å². The van der Waals surface area contributed by atoms with E-state index in [-0.39, 0.29) is 11.1 Å². The summed E-state index contributed by atoms with van der Waals surface area (Å²) < 4.78 is 67.1. The molecule has 3 aromatic heterocycles. The number of nitrogens with one attached hydrogen (secondary N) is 1. The molecule has 1 amide bonds. The highest BCUT2D eigenvalue weighted by molar-refractivity contribution is 6.04. The maximum absolute atomic E-state index is 13.0. The van der Waals surface area contributed by atoms with Crippen molar-refractivity contribution >= 4 is 40.4 Å². The third-order valence-electron chi connectivity index (χ3n) is 8.19. The van der Waals surface area contributed by atoms with Crippen LogP contribution in [0.2, 0.25) is 0 Å². The van der Waals surface area contributed by atoms with E-state index in [2.05, 4.69) is 26.0 Å². The van der Waals surface area contributed by atoms with Crippen molar-refractivity contribution in [3.8, 4) is 16.8 Å². The number of carboxylic acid groups (broad SMARTS) is 2. The Kier molecular flexibility index (Phi) is 12.8. The van der Waals surface area contributed by atoms with Gasteiger partial charge in [0.05, 0.1) is 5.39 Å². The minimum atomic E-state index is -5.08. The molecule has 1 saturated carbocycles. The van der Waals surface area contributed by atoms with Gasteiger partial charge in [0.25, 0.3) is 11.5 Å². The van der Waals surface area contributed by atoms with Crippen molar-refractivity contribution in [2.24, 2.45) is 11.7 Å². The van der Waals surface area contributed by atoms with Gasteiger partial charge in [0.2, 0.25) is 0 Å². The van der Waals surface area contributed by atoms with Gasteiger partial charge in [0.1, 0.15) is 23.4 Å². The van der Waals surface area contributed by atoms with Crippen LogP contribution in [0.4, 0.5) is 37.8 Å². The van der Waals surface area contributed by atoms with Gasteiger partial charge in [-0.1, -0.05) is 30.3 Å². The molecule has 0 atom stereocenters. The Balaban J connectivity index is 0.000000396. The summed E-state index contributed by atoms with van der Waals surface area (Å²) >= 11 is 0. The molecule has 54 heavy (non-hydrogen) atoms. The third kappa shape index (κ3) is 10.4. The lowest BCUT2D eigenvalue weighted by Crippen LogP contribution is -2.28. The minimum Gasteiger partial charge on any atom is -0.475 e. The van der Waals surface area contributed by atoms with Crippen molar-refractivity contribution in [1.29, 1.82) is 0 Å². The van der Waals surface area contributed by atoms with Crippen LogP contribution in [0, 0.1) is 5.92 Å². The van der Waals surface area contributed by atoms with Crippen molar-refractivity contribution in [3.63, 3.8) is 0 Å². The number of carboxylic acids is 2. The summed E-state index contributed by atoms with van der Waals surface area (Å²) in [6.07, 6.45) is -0.630. The van der Waals surface area contributed by atoms with Crippen LogP contribution < -0.4 is 22.3 Å². The average molecular weight is 762 g/mol. The number of carbonyl (C=O) groups excluding carboxylic acids is 1. The lowest BCUT2D eigenvalue weighted by Gasteiger charge is -2.26. The fourth-order valence-corrected chi connectivity index (χ4v) is 5.54. The number of para-hydroxylation sites is 1. The number of pyridine rings is 1. The van der Waals surface area contributed by atoms with Gasteiger partial charge in [-0.15, -0.1) is 0 Å². The summed E-state index contributed by atoms with van der Waals surface area (Å²) in [7, 11) is 0. The molecule has 0 bridgehead atoms. The van der Waals surface area contributed by atoms with Crippen LogP contribution in [0.3, 0.4) is 0 Å². The summed E-state index contributed by atoms with van der Waals surface area (Å²) in [5.74, 6) is -5.01. The molecule has 1 fully saturated rings. The van der Waals surface area contributed by atoms with Gasteiger partial charge >= 0.3 is 24.3 Å². The molecule has 0 saturated heterocycles. The molecule has 0 aliphatic heterocycles. The first-order chi connectivity index (χ1) is 25.4. The number of hydrogen-bond acceptors (Lipinski definition) is 8. The van der Waals surface area contributed by atoms with E-state index in [0.717, 1.165) is 54.4 Å². The Morgan fingerprint density at radius 1 is 0.833 bits per heavy atom. The Morgan fingerprint density at radius 3 is 1.96 bits per heavy atom. The zero-order valence-corrected chi connectivity index (χ0v) is 28.0. The molecule has 5 aromatic rings. The van der Waals surface area contributed by atoms with Crippen LogP contribution in [0.5, 0.6) is 0 Å². The van der Waals surface area contributed by atoms with Gasteiger partial charge in [0.15, 0.2) is 0 Å². The molecule has 2 aromatic carbocycles. The highest BCUT2D eigenvalue weighted by atomic mass is 19.4. The standard InChI is InChI=1S/C31H31N7O2.2C2HF3O2/c32-22-12-8-20(9-13-22)17-37-18-26(27-28(33)34-19-35-29(27)37)21-10-14-23(15-11-21)36-30(39)25-7-4-16-38(31(25)40)24-5-2-1-3-6-24;2*3-2(4,5)1(6)7/h1-7,10-11,14-16,18-20,22H,8-9,12-13,17,32H2,(H,36,39)(H2,33,34,35);2*(H,6,7)/t20-,22-;;. The van der Waals surface area contributed by atoms with Crippen LogP contribution in [0.25, 0.3) is 27.8 Å². The van der Waals surface area contributed by atoms with Crippen LogP contribution in [-0.2, 0) is 16.1 Å². The number of halogens is 6. The van der Waals surface area contributed by atoms with E-state index in [1.54, 1.807) is 12.3 Å². The number of anilines is 2. The minimum absolute atomic E-state index is 0.0621. The average Bonchev–Trinajstić information content (AvgIpc) is 3.49. The van der Waals surface area contributed by atoms with Crippen molar-refractivity contribution < 1.29 is 50.9 Å². The van der Waals surface area contributed by atoms with Gasteiger partial charge in [-0.05, 0) is 73.6 Å². The topological polar surface area (TPSA) is 208 Å². The highest BCUT2D eigenvalue weighted by Crippen LogP contribution is 2.35. The largest absolute Gasteiger partial charge is 0.490 e. The third-order valence-corrected chi connectivity index (χ3v) is 8.19. The van der Waals surface area contributed by atoms with Gasteiger partial charge in [-0.2, -0.15) is 26.3 Å². The summed E-state index contributed by atoms with van der Waals surface area (Å²) in [6.45, 7) is 0.853. The molecule has 286 valence electrons. The summed E-state index contributed by atoms with van der Waals surface area (Å²) in [6, 6.07) is 20.2. The Hall–Kier alpha value is -6.24. The maximum atomic E-state index is 13.0. The monoisotopic (exact) mass is 761 g/mol. The number of amides is 1. The summed E-state index contributed by atoms with van der Waals surface area (Å²) in [5.41, 5.74) is 16.1. The number of nitrogens with zero attached hydrogens (tertiary/aromatic N) is 4. The Bertz CT molecular complexity index is 2120. The predicted octanol–water partition coefficient (Wildman–Crippen LogP) is 5.87. The highest BCUT2D eigenvalue weighted by Gasteiger charge is 2.39. The number of hydrogen-bond donors (Lipinski definition) is 5. The first-order valence-electron chi connectivity index (χ1n) is 16.0. The van der Waals surface area contributed by atoms with E-state index >= 15 is 0 Å². The number of nitrogens with two attached hydrogens (primary N) is 2. The predicted molar refractivity (Wildman–Crippen MR) is 185 cm³/mol. The van der Waals surface area contributed by atoms with Crippen molar-refractivity contribution in [2.45, 2.75) is 50.6 Å². The molecule has 7 N–H and O–H groups in total. The second kappa shape index (κ2) is 17.1. The number of benzene rings is 2. The van der Waals surface area contributed by atoms with E-state index in [0.29, 0.717) is 29.2 Å². The van der Waals surface area contributed by atoms with Crippen molar-refractivity contribution in [3.05, 3.63) is 101 Å². The van der Waals surface area contributed by atoms with E-state index in [4.69, 9.17) is 31.3 Å². The maximum Gasteiger partial charge on any atom is 0.490 e.